The summed E-state index contributed by atoms with van der Waals surface area (Å²) in [6.45, 7) is 5.21. The Balaban J connectivity index is 2.13. The summed E-state index contributed by atoms with van der Waals surface area (Å²) < 4.78 is 32.7. The monoisotopic (exact) mass is 469 g/mol. The molecule has 0 aliphatic carbocycles. The number of rotatable bonds is 11. The number of hydrogen-bond acceptors (Lipinski definition) is 6. The number of amides is 2. The van der Waals surface area contributed by atoms with E-state index < -0.39 is 27.8 Å². The zero-order valence-electron chi connectivity index (χ0n) is 19.0. The van der Waals surface area contributed by atoms with Gasteiger partial charge in [-0.2, -0.15) is 0 Å². The van der Waals surface area contributed by atoms with Crippen molar-refractivity contribution >= 4 is 21.8 Å². The normalized spacial score (nSPS) is 16.5. The number of sulfonamides is 1. The molecule has 0 radical (unpaired) electrons. The predicted molar refractivity (Wildman–Crippen MR) is 120 cm³/mol. The molecule has 2 atom stereocenters. The van der Waals surface area contributed by atoms with E-state index in [0.717, 1.165) is 19.3 Å². The molecule has 1 aromatic rings. The molecule has 0 bridgehead atoms. The number of carbonyl (C=O) groups excluding carboxylic acids is 2. The Morgan fingerprint density at radius 3 is 2.25 bits per heavy atom. The molecular weight excluding hydrogens is 434 g/mol. The Kier molecular flexibility index (Phi) is 9.92. The summed E-state index contributed by atoms with van der Waals surface area (Å²) in [5.41, 5.74) is 1.67. The molecule has 1 saturated heterocycles. The molecular formula is C22H35N3O6S. The van der Waals surface area contributed by atoms with Gasteiger partial charge in [-0.3, -0.25) is 14.8 Å². The first kappa shape index (κ1) is 26.1. The van der Waals surface area contributed by atoms with Crippen LogP contribution in [0.3, 0.4) is 0 Å². The molecule has 2 rings (SSSR count). The van der Waals surface area contributed by atoms with Crippen LogP contribution in [0, 0.1) is 17.8 Å². The lowest BCUT2D eigenvalue weighted by Gasteiger charge is -2.34. The Bertz CT molecular complexity index is 851. The Hall–Kier alpha value is -2.17. The van der Waals surface area contributed by atoms with Gasteiger partial charge < -0.3 is 9.64 Å². The number of nitrogens with zero attached hydrogens (tertiary/aromatic N) is 1. The van der Waals surface area contributed by atoms with Crippen molar-refractivity contribution < 1.29 is 28.0 Å². The molecule has 2 amide bonds. The van der Waals surface area contributed by atoms with Gasteiger partial charge in [-0.05, 0) is 62.3 Å². The molecule has 10 heteroatoms. The minimum Gasteiger partial charge on any atom is -0.497 e. The third-order valence-electron chi connectivity index (χ3n) is 5.76. The van der Waals surface area contributed by atoms with Crippen molar-refractivity contribution in [1.29, 1.82) is 0 Å². The molecule has 0 saturated carbocycles. The quantitative estimate of drug-likeness (QED) is 0.337. The van der Waals surface area contributed by atoms with Gasteiger partial charge in [-0.1, -0.05) is 13.8 Å². The SMILES string of the molecule is COc1ccc(S(=O)(=O)NCC[C@H](C(=O)NO)[C@@H](CC(C)C)C(=O)N2CCCCC2)cc1. The van der Waals surface area contributed by atoms with Crippen molar-refractivity contribution in [1.82, 2.24) is 15.1 Å². The van der Waals surface area contributed by atoms with Gasteiger partial charge >= 0.3 is 0 Å². The number of methoxy groups -OCH3 is 1. The Morgan fingerprint density at radius 1 is 1.09 bits per heavy atom. The second-order valence-corrected chi connectivity index (χ2v) is 10.3. The summed E-state index contributed by atoms with van der Waals surface area (Å²) in [6, 6.07) is 5.96. The number of nitrogens with one attached hydrogen (secondary N) is 2. The first-order valence-corrected chi connectivity index (χ1v) is 12.5. The van der Waals surface area contributed by atoms with Gasteiger partial charge in [0.05, 0.1) is 23.8 Å². The van der Waals surface area contributed by atoms with Crippen LogP contribution in [0.1, 0.15) is 46.0 Å². The van der Waals surface area contributed by atoms with Crippen molar-refractivity contribution in [2.45, 2.75) is 50.8 Å². The van der Waals surface area contributed by atoms with E-state index in [9.17, 15) is 23.2 Å². The highest BCUT2D eigenvalue weighted by atomic mass is 32.2. The van der Waals surface area contributed by atoms with Crippen molar-refractivity contribution in [2.75, 3.05) is 26.7 Å². The average Bonchev–Trinajstić information content (AvgIpc) is 2.80. The van der Waals surface area contributed by atoms with Crippen molar-refractivity contribution in [3.63, 3.8) is 0 Å². The molecule has 32 heavy (non-hydrogen) atoms. The molecule has 1 aromatic carbocycles. The predicted octanol–water partition coefficient (Wildman–Crippen LogP) is 2.16. The number of benzene rings is 1. The highest BCUT2D eigenvalue weighted by Crippen LogP contribution is 2.28. The molecule has 0 spiro atoms. The molecule has 1 aliphatic heterocycles. The lowest BCUT2D eigenvalue weighted by molar-refractivity contribution is -0.146. The van der Waals surface area contributed by atoms with Gasteiger partial charge in [0, 0.05) is 19.6 Å². The zero-order valence-corrected chi connectivity index (χ0v) is 19.9. The average molecular weight is 470 g/mol. The summed E-state index contributed by atoms with van der Waals surface area (Å²) >= 11 is 0. The number of carbonyl (C=O) groups is 2. The van der Waals surface area contributed by atoms with Crippen molar-refractivity contribution in [2.24, 2.45) is 17.8 Å². The largest absolute Gasteiger partial charge is 0.497 e. The smallest absolute Gasteiger partial charge is 0.247 e. The summed E-state index contributed by atoms with van der Waals surface area (Å²) in [5.74, 6) is -1.58. The zero-order chi connectivity index (χ0) is 23.7. The van der Waals surface area contributed by atoms with Crippen molar-refractivity contribution in [3.8, 4) is 5.75 Å². The van der Waals surface area contributed by atoms with Crippen LogP contribution in [0.25, 0.3) is 0 Å². The minimum absolute atomic E-state index is 0.0473. The molecule has 9 nitrogen and oxygen atoms in total. The number of ether oxygens (including phenoxy) is 1. The standard InChI is InChI=1S/C22H35N3O6S/c1-16(2)15-20(22(27)25-13-5-4-6-14-25)19(21(26)24-28)11-12-23-32(29,30)18-9-7-17(31-3)8-10-18/h7-10,16,19-20,23,28H,4-6,11-15H2,1-3H3,(H,24,26)/t19-,20+/m0/s1. The highest BCUT2D eigenvalue weighted by Gasteiger charge is 2.36. The van der Waals surface area contributed by atoms with Gasteiger partial charge in [0.15, 0.2) is 0 Å². The van der Waals surface area contributed by atoms with Gasteiger partial charge in [0.25, 0.3) is 0 Å². The number of likely N-dealkylation sites (tertiary alicyclic amines) is 1. The number of hydrogen-bond donors (Lipinski definition) is 3. The van der Waals surface area contributed by atoms with E-state index in [0.29, 0.717) is 25.3 Å². The van der Waals surface area contributed by atoms with Gasteiger partial charge in [0.1, 0.15) is 5.75 Å². The van der Waals surface area contributed by atoms with E-state index >= 15 is 0 Å². The third-order valence-corrected chi connectivity index (χ3v) is 7.24. The van der Waals surface area contributed by atoms with E-state index in [-0.39, 0.29) is 29.7 Å². The van der Waals surface area contributed by atoms with Crippen LogP contribution < -0.4 is 14.9 Å². The van der Waals surface area contributed by atoms with Crippen molar-refractivity contribution in [3.05, 3.63) is 24.3 Å². The molecule has 0 unspecified atom stereocenters. The van der Waals surface area contributed by atoms with Gasteiger partial charge in [-0.15, -0.1) is 0 Å². The van der Waals surface area contributed by atoms with E-state index in [4.69, 9.17) is 4.74 Å². The summed E-state index contributed by atoms with van der Waals surface area (Å²) in [7, 11) is -2.31. The first-order chi connectivity index (χ1) is 15.2. The molecule has 180 valence electrons. The number of piperidine rings is 1. The molecule has 1 aliphatic rings. The molecule has 1 heterocycles. The minimum atomic E-state index is -3.80. The fourth-order valence-corrected chi connectivity index (χ4v) is 5.13. The molecule has 0 aromatic heterocycles. The van der Waals surface area contributed by atoms with E-state index in [1.54, 1.807) is 22.5 Å². The summed E-state index contributed by atoms with van der Waals surface area (Å²) in [5, 5.41) is 9.29. The van der Waals surface area contributed by atoms with E-state index in [1.165, 1.54) is 19.2 Å². The fourth-order valence-electron chi connectivity index (χ4n) is 4.08. The van der Waals surface area contributed by atoms with Crippen LogP contribution >= 0.6 is 0 Å². The second kappa shape index (κ2) is 12.2. The second-order valence-electron chi connectivity index (χ2n) is 8.57. The summed E-state index contributed by atoms with van der Waals surface area (Å²) in [6.07, 6.45) is 3.49. The highest BCUT2D eigenvalue weighted by molar-refractivity contribution is 7.89. The lowest BCUT2D eigenvalue weighted by Crippen LogP contribution is -2.46. The topological polar surface area (TPSA) is 125 Å². The Labute approximate surface area is 190 Å². The van der Waals surface area contributed by atoms with Crippen LogP contribution in [0.4, 0.5) is 0 Å². The number of hydroxylamine groups is 1. The molecule has 3 N–H and O–H groups in total. The van der Waals surface area contributed by atoms with Crippen LogP contribution in [0.15, 0.2) is 29.2 Å². The van der Waals surface area contributed by atoms with Crippen LogP contribution in [0.5, 0.6) is 5.75 Å². The van der Waals surface area contributed by atoms with Crippen LogP contribution in [-0.4, -0.2) is 57.1 Å². The van der Waals surface area contributed by atoms with Crippen LogP contribution in [0.2, 0.25) is 0 Å². The van der Waals surface area contributed by atoms with E-state index in [1.807, 2.05) is 13.8 Å². The fraction of sp³-hybridized carbons (Fsp3) is 0.636. The first-order valence-electron chi connectivity index (χ1n) is 11.1. The van der Waals surface area contributed by atoms with E-state index in [2.05, 4.69) is 4.72 Å². The maximum absolute atomic E-state index is 13.3. The lowest BCUT2D eigenvalue weighted by atomic mass is 9.81. The third kappa shape index (κ3) is 7.18. The summed E-state index contributed by atoms with van der Waals surface area (Å²) in [4.78, 5) is 27.6. The Morgan fingerprint density at radius 2 is 1.72 bits per heavy atom. The maximum atomic E-state index is 13.3. The van der Waals surface area contributed by atoms with Gasteiger partial charge in [-0.25, -0.2) is 18.6 Å². The maximum Gasteiger partial charge on any atom is 0.247 e. The van der Waals surface area contributed by atoms with Gasteiger partial charge in [0.2, 0.25) is 21.8 Å². The molecule has 1 fully saturated rings. The van der Waals surface area contributed by atoms with Crippen LogP contribution in [-0.2, 0) is 19.6 Å².